The zero-order chi connectivity index (χ0) is 42.1. The molecule has 2 heterocycles. The van der Waals surface area contributed by atoms with Crippen LogP contribution in [0.3, 0.4) is 0 Å². The number of aliphatic imine (C=N–C) groups is 1. The predicted octanol–water partition coefficient (Wildman–Crippen LogP) is -3.36. The van der Waals surface area contributed by atoms with Crippen LogP contribution in [0.2, 0.25) is 0 Å². The van der Waals surface area contributed by atoms with Crippen molar-refractivity contribution in [1.29, 1.82) is 0 Å². The molecular weight excluding hydrogens is 736 g/mol. The largest absolute Gasteiger partial charge is 0.481 e. The molecule has 0 spiro atoms. The highest BCUT2D eigenvalue weighted by molar-refractivity contribution is 5.97. The van der Waals surface area contributed by atoms with E-state index in [9.17, 15) is 48.6 Å². The number of carboxylic acid groups (broad SMARTS) is 2. The molecule has 56 heavy (non-hydrogen) atoms. The third-order valence-corrected chi connectivity index (χ3v) is 9.22. The minimum Gasteiger partial charge on any atom is -0.481 e. The second-order valence-corrected chi connectivity index (χ2v) is 14.0. The molecule has 6 amide bonds. The maximum absolute atomic E-state index is 14.0. The van der Waals surface area contributed by atoms with Gasteiger partial charge in [-0.05, 0) is 37.5 Å². The minimum absolute atomic E-state index is 0.0658. The van der Waals surface area contributed by atoms with E-state index in [1.54, 1.807) is 27.7 Å². The predicted molar refractivity (Wildman–Crippen MR) is 200 cm³/mol. The van der Waals surface area contributed by atoms with Gasteiger partial charge in [0.05, 0.1) is 25.3 Å². The van der Waals surface area contributed by atoms with E-state index in [1.165, 1.54) is 17.4 Å². The molecule has 0 saturated carbocycles. The SMILES string of the molecule is CC[C@H](C)[C@H](NC(=O)[C@H](Cc1cnc[nH]1)NC(=O)[C@@H]1CCCN1C(=O)[C@@H](NC(=O)[C@H](CC(=O)O)NC(=O)CNC(=O)[C@@H](N)CCCN=C(N)N)C(C)C)C(=O)O. The molecule has 0 aromatic carbocycles. The molecule has 1 aromatic rings. The van der Waals surface area contributed by atoms with Crippen LogP contribution in [0, 0.1) is 11.8 Å². The summed E-state index contributed by atoms with van der Waals surface area (Å²) in [6, 6.07) is -7.45. The number of rotatable bonds is 23. The lowest BCUT2D eigenvalue weighted by Crippen LogP contribution is -2.60. The highest BCUT2D eigenvalue weighted by Crippen LogP contribution is 2.21. The van der Waals surface area contributed by atoms with Gasteiger partial charge in [0.25, 0.3) is 0 Å². The Morgan fingerprint density at radius 1 is 0.964 bits per heavy atom. The number of hydrogen-bond acceptors (Lipinski definition) is 11. The van der Waals surface area contributed by atoms with Gasteiger partial charge in [-0.3, -0.25) is 38.6 Å². The number of hydrogen-bond donors (Lipinski definition) is 11. The van der Waals surface area contributed by atoms with Crippen LogP contribution in [0.25, 0.3) is 0 Å². The van der Waals surface area contributed by atoms with Crippen molar-refractivity contribution in [2.24, 2.45) is 34.0 Å². The molecule has 312 valence electrons. The van der Waals surface area contributed by atoms with Crippen LogP contribution in [-0.4, -0.2) is 134 Å². The summed E-state index contributed by atoms with van der Waals surface area (Å²) in [6.07, 6.45) is 3.56. The number of aromatic nitrogens is 2. The second-order valence-electron chi connectivity index (χ2n) is 14.0. The number of likely N-dealkylation sites (tertiary alicyclic amines) is 1. The first-order chi connectivity index (χ1) is 26.4. The van der Waals surface area contributed by atoms with E-state index in [2.05, 4.69) is 41.5 Å². The second kappa shape index (κ2) is 22.5. The van der Waals surface area contributed by atoms with Crippen LogP contribution in [0.1, 0.15) is 71.9 Å². The third-order valence-electron chi connectivity index (χ3n) is 9.22. The van der Waals surface area contributed by atoms with Gasteiger partial charge in [0.1, 0.15) is 30.2 Å². The van der Waals surface area contributed by atoms with E-state index in [1.807, 2.05) is 0 Å². The molecule has 1 fully saturated rings. The normalized spacial score (nSPS) is 17.0. The van der Waals surface area contributed by atoms with E-state index in [-0.39, 0.29) is 38.3 Å². The van der Waals surface area contributed by atoms with Crippen molar-refractivity contribution < 1.29 is 48.6 Å². The topological polar surface area (TPSA) is 360 Å². The highest BCUT2D eigenvalue weighted by Gasteiger charge is 2.41. The van der Waals surface area contributed by atoms with Crippen LogP contribution < -0.4 is 43.8 Å². The van der Waals surface area contributed by atoms with Crippen molar-refractivity contribution in [3.8, 4) is 0 Å². The van der Waals surface area contributed by atoms with Crippen molar-refractivity contribution in [1.82, 2.24) is 41.5 Å². The number of carbonyl (C=O) groups excluding carboxylic acids is 6. The third kappa shape index (κ3) is 14.8. The van der Waals surface area contributed by atoms with Gasteiger partial charge >= 0.3 is 11.9 Å². The number of nitrogens with zero attached hydrogens (tertiary/aromatic N) is 3. The molecule has 0 radical (unpaired) electrons. The lowest BCUT2D eigenvalue weighted by Gasteiger charge is -2.32. The summed E-state index contributed by atoms with van der Waals surface area (Å²) in [5.74, 6) is -8.46. The van der Waals surface area contributed by atoms with Crippen LogP contribution in [0.4, 0.5) is 0 Å². The highest BCUT2D eigenvalue weighted by atomic mass is 16.4. The average molecular weight is 793 g/mol. The number of carboxylic acids is 2. The van der Waals surface area contributed by atoms with Gasteiger partial charge in [-0.25, -0.2) is 9.78 Å². The van der Waals surface area contributed by atoms with Crippen molar-refractivity contribution in [2.45, 2.75) is 109 Å². The number of amides is 6. The zero-order valence-corrected chi connectivity index (χ0v) is 32.1. The first kappa shape index (κ1) is 46.4. The summed E-state index contributed by atoms with van der Waals surface area (Å²) in [5.41, 5.74) is 16.8. The molecule has 0 aliphatic carbocycles. The number of guanidine groups is 1. The summed E-state index contributed by atoms with van der Waals surface area (Å²) in [7, 11) is 0. The number of H-pyrrole nitrogens is 1. The van der Waals surface area contributed by atoms with Crippen LogP contribution in [0.5, 0.6) is 0 Å². The van der Waals surface area contributed by atoms with Gasteiger partial charge in [0.2, 0.25) is 35.4 Å². The van der Waals surface area contributed by atoms with Gasteiger partial charge in [-0.1, -0.05) is 34.1 Å². The van der Waals surface area contributed by atoms with Gasteiger partial charge in [0, 0.05) is 31.4 Å². The van der Waals surface area contributed by atoms with Crippen LogP contribution >= 0.6 is 0 Å². The first-order valence-electron chi connectivity index (χ1n) is 18.4. The Morgan fingerprint density at radius 2 is 1.62 bits per heavy atom. The molecule has 0 bridgehead atoms. The Kier molecular flexibility index (Phi) is 18.7. The summed E-state index contributed by atoms with van der Waals surface area (Å²) in [5, 5.41) is 31.5. The number of carbonyl (C=O) groups is 8. The molecule has 0 unspecified atom stereocenters. The van der Waals surface area contributed by atoms with Crippen LogP contribution in [0.15, 0.2) is 17.5 Å². The maximum Gasteiger partial charge on any atom is 0.326 e. The Labute approximate surface area is 323 Å². The molecule has 14 N–H and O–H groups in total. The smallest absolute Gasteiger partial charge is 0.326 e. The molecule has 22 heteroatoms. The Bertz CT molecular complexity index is 1570. The molecule has 2 rings (SSSR count). The van der Waals surface area contributed by atoms with Gasteiger partial charge in [-0.15, -0.1) is 0 Å². The van der Waals surface area contributed by atoms with Gasteiger partial charge < -0.3 is 63.9 Å². The van der Waals surface area contributed by atoms with Crippen molar-refractivity contribution in [3.05, 3.63) is 18.2 Å². The fraction of sp³-hybridized carbons (Fsp3) is 0.647. The summed E-state index contributed by atoms with van der Waals surface area (Å²) in [6.45, 7) is 6.42. The van der Waals surface area contributed by atoms with E-state index < -0.39 is 108 Å². The Balaban J connectivity index is 2.15. The molecule has 22 nitrogen and oxygen atoms in total. The van der Waals surface area contributed by atoms with E-state index in [0.29, 0.717) is 25.0 Å². The van der Waals surface area contributed by atoms with Crippen molar-refractivity contribution in [2.75, 3.05) is 19.6 Å². The Hall–Kier alpha value is -5.80. The molecule has 1 aliphatic rings. The standard InChI is InChI=1S/C34H56N12O10/c1-5-18(4)27(33(55)56)45-29(51)21(12-19-14-38-16-41-19)43-31(53)23-9-7-11-46(23)32(54)26(17(2)3)44-30(52)22(13-25(48)49)42-24(47)15-40-28(50)20(35)8-6-10-39-34(36)37/h14,16-18,20-23,26-27H,5-13,15,35H2,1-4H3,(H,38,41)(H,40,50)(H,42,47)(H,43,53)(H,44,52)(H,45,51)(H,48,49)(H,55,56)(H4,36,37,39)/t18-,20-,21-,22-,23-,26-,27-/m0/s1. The number of nitrogens with two attached hydrogens (primary N) is 3. The minimum atomic E-state index is -1.65. The summed E-state index contributed by atoms with van der Waals surface area (Å²) < 4.78 is 0. The van der Waals surface area contributed by atoms with E-state index >= 15 is 0 Å². The summed E-state index contributed by atoms with van der Waals surface area (Å²) >= 11 is 0. The first-order valence-corrected chi connectivity index (χ1v) is 18.4. The number of aromatic amines is 1. The number of imidazole rings is 1. The zero-order valence-electron chi connectivity index (χ0n) is 32.1. The lowest BCUT2D eigenvalue weighted by atomic mass is 9.98. The summed E-state index contributed by atoms with van der Waals surface area (Å²) in [4.78, 5) is 115. The number of aliphatic carboxylic acids is 2. The van der Waals surface area contributed by atoms with Gasteiger partial charge in [-0.2, -0.15) is 0 Å². The fourth-order valence-electron chi connectivity index (χ4n) is 5.86. The molecule has 1 aliphatic heterocycles. The quantitative estimate of drug-likeness (QED) is 0.0293. The molecule has 1 saturated heterocycles. The molecule has 1 aromatic heterocycles. The fourth-order valence-corrected chi connectivity index (χ4v) is 5.86. The molecule has 7 atom stereocenters. The van der Waals surface area contributed by atoms with Gasteiger partial charge in [0.15, 0.2) is 5.96 Å². The monoisotopic (exact) mass is 792 g/mol. The van der Waals surface area contributed by atoms with Crippen LogP contribution in [-0.2, 0) is 44.8 Å². The number of nitrogens with one attached hydrogen (secondary N) is 6. The Morgan fingerprint density at radius 3 is 2.20 bits per heavy atom. The van der Waals surface area contributed by atoms with E-state index in [0.717, 1.165) is 0 Å². The van der Waals surface area contributed by atoms with Crippen molar-refractivity contribution in [3.63, 3.8) is 0 Å². The average Bonchev–Trinajstić information content (AvgIpc) is 3.84. The maximum atomic E-state index is 14.0. The van der Waals surface area contributed by atoms with E-state index in [4.69, 9.17) is 17.2 Å². The lowest BCUT2D eigenvalue weighted by molar-refractivity contribution is -0.145. The van der Waals surface area contributed by atoms with Crippen molar-refractivity contribution >= 4 is 53.3 Å². The molecular formula is C34H56N12O10.